The first-order valence-corrected chi connectivity index (χ1v) is 7.60. The van der Waals surface area contributed by atoms with E-state index in [9.17, 15) is 18.8 Å². The van der Waals surface area contributed by atoms with Gasteiger partial charge >= 0.3 is 0 Å². The number of fused-ring (bicyclic) bond motifs is 1. The third-order valence-electron chi connectivity index (χ3n) is 4.41. The number of benzene rings is 2. The minimum Gasteiger partial charge on any atom is -0.318 e. The molecule has 3 rings (SSSR count). The molecule has 122 valence electrons. The molecule has 0 saturated carbocycles. The molecule has 1 unspecified atom stereocenters. The van der Waals surface area contributed by atoms with Crippen LogP contribution in [0.15, 0.2) is 42.5 Å². The Balaban J connectivity index is 2.00. The van der Waals surface area contributed by atoms with Crippen LogP contribution in [0.3, 0.4) is 0 Å². The van der Waals surface area contributed by atoms with Crippen LogP contribution in [0.1, 0.15) is 41.4 Å². The molecule has 0 fully saturated rings. The number of hydrogen-bond donors (Lipinski definition) is 0. The third-order valence-corrected chi connectivity index (χ3v) is 4.41. The second-order valence-electron chi connectivity index (χ2n) is 6.57. The molecule has 0 aliphatic carbocycles. The van der Waals surface area contributed by atoms with Gasteiger partial charge in [-0.3, -0.25) is 4.79 Å². The smallest absolute Gasteiger partial charge is 0.258 e. The predicted molar refractivity (Wildman–Crippen MR) is 85.2 cm³/mol. The fraction of sp³-hybridized carbons (Fsp3) is 0.263. The van der Waals surface area contributed by atoms with Crippen LogP contribution in [0.25, 0.3) is 0 Å². The molecule has 5 heteroatoms. The van der Waals surface area contributed by atoms with Crippen molar-refractivity contribution in [2.75, 3.05) is 6.54 Å². The molecule has 2 aromatic carbocycles. The van der Waals surface area contributed by atoms with Gasteiger partial charge in [0.1, 0.15) is 17.7 Å². The van der Waals surface area contributed by atoms with Crippen LogP contribution in [0.5, 0.6) is 0 Å². The van der Waals surface area contributed by atoms with Crippen LogP contribution >= 0.6 is 0 Å². The van der Waals surface area contributed by atoms with Crippen molar-refractivity contribution in [3.05, 3.63) is 70.8 Å². The van der Waals surface area contributed by atoms with Gasteiger partial charge in [0, 0.05) is 23.6 Å². The maximum absolute atomic E-state index is 14.0. The summed E-state index contributed by atoms with van der Waals surface area (Å²) in [6.07, 6.45) is 0. The van der Waals surface area contributed by atoms with E-state index in [-0.39, 0.29) is 17.7 Å². The van der Waals surface area contributed by atoms with Gasteiger partial charge in [-0.25, -0.2) is 8.78 Å². The number of halogens is 2. The van der Waals surface area contributed by atoms with Gasteiger partial charge < -0.3 is 4.90 Å². The average Bonchev–Trinajstić information content (AvgIpc) is 2.79. The Morgan fingerprint density at radius 2 is 1.88 bits per heavy atom. The number of amides is 1. The van der Waals surface area contributed by atoms with E-state index in [0.717, 1.165) is 11.6 Å². The molecule has 0 saturated heterocycles. The van der Waals surface area contributed by atoms with E-state index in [0.29, 0.717) is 6.07 Å². The summed E-state index contributed by atoms with van der Waals surface area (Å²) in [5.41, 5.74) is 0.455. The van der Waals surface area contributed by atoms with E-state index >= 15 is 0 Å². The number of carbonyl (C=O) groups excluding carboxylic acids is 1. The molecule has 0 radical (unpaired) electrons. The zero-order chi connectivity index (χ0) is 17.5. The van der Waals surface area contributed by atoms with Crippen molar-refractivity contribution in [1.29, 1.82) is 5.26 Å². The van der Waals surface area contributed by atoms with Crippen molar-refractivity contribution in [2.45, 2.75) is 25.3 Å². The van der Waals surface area contributed by atoms with Crippen LogP contribution in [0.2, 0.25) is 0 Å². The second kappa shape index (κ2) is 5.72. The lowest BCUT2D eigenvalue weighted by molar-refractivity contribution is 0.0718. The van der Waals surface area contributed by atoms with Crippen molar-refractivity contribution in [1.82, 2.24) is 4.90 Å². The van der Waals surface area contributed by atoms with Gasteiger partial charge in [-0.2, -0.15) is 5.26 Å². The predicted octanol–water partition coefficient (Wildman–Crippen LogP) is 3.96. The largest absolute Gasteiger partial charge is 0.318 e. The van der Waals surface area contributed by atoms with Crippen LogP contribution in [-0.2, 0) is 5.41 Å². The lowest BCUT2D eigenvalue weighted by atomic mass is 9.84. The molecule has 0 aromatic heterocycles. The molecule has 0 bridgehead atoms. The molecule has 0 N–H and O–H groups in total. The monoisotopic (exact) mass is 326 g/mol. The topological polar surface area (TPSA) is 44.1 Å². The summed E-state index contributed by atoms with van der Waals surface area (Å²) in [7, 11) is 0. The van der Waals surface area contributed by atoms with Gasteiger partial charge in [0.05, 0.1) is 11.6 Å². The molecular weight excluding hydrogens is 310 g/mol. The number of rotatable bonds is 3. The summed E-state index contributed by atoms with van der Waals surface area (Å²) in [6, 6.07) is 12.3. The van der Waals surface area contributed by atoms with Crippen LogP contribution < -0.4 is 0 Å². The molecular formula is C19H16F2N2O. The van der Waals surface area contributed by atoms with E-state index in [1.54, 1.807) is 0 Å². The molecule has 1 heterocycles. The van der Waals surface area contributed by atoms with Gasteiger partial charge in [-0.05, 0) is 11.6 Å². The van der Waals surface area contributed by atoms with Gasteiger partial charge in [-0.15, -0.1) is 0 Å². The first-order valence-electron chi connectivity index (χ1n) is 7.60. The Hall–Kier alpha value is -2.74. The summed E-state index contributed by atoms with van der Waals surface area (Å²) >= 11 is 0. The molecule has 1 amide bonds. The minimum absolute atomic E-state index is 0.101. The highest BCUT2D eigenvalue weighted by Crippen LogP contribution is 2.38. The van der Waals surface area contributed by atoms with E-state index in [4.69, 9.17) is 0 Å². The lowest BCUT2D eigenvalue weighted by Gasteiger charge is -2.32. The standard InChI is InChI=1S/C19H16F2N2O/c1-19(2,12-6-4-3-5-7-12)11-23-16(10-22)14-8-13(20)9-15(21)17(14)18(23)24/h3-9,16H,11H2,1-2H3. The lowest BCUT2D eigenvalue weighted by Crippen LogP contribution is -2.39. The first kappa shape index (κ1) is 16.1. The van der Waals surface area contributed by atoms with Crippen LogP contribution in [0.4, 0.5) is 8.78 Å². The van der Waals surface area contributed by atoms with Crippen molar-refractivity contribution in [2.24, 2.45) is 0 Å². The average molecular weight is 326 g/mol. The summed E-state index contributed by atoms with van der Waals surface area (Å²) in [5.74, 6) is -2.28. The van der Waals surface area contributed by atoms with Gasteiger partial charge in [-0.1, -0.05) is 44.2 Å². The Morgan fingerprint density at radius 3 is 2.50 bits per heavy atom. The molecule has 3 nitrogen and oxygen atoms in total. The van der Waals surface area contributed by atoms with Crippen molar-refractivity contribution in [3.8, 4) is 6.07 Å². The minimum atomic E-state index is -0.985. The summed E-state index contributed by atoms with van der Waals surface area (Å²) in [6.45, 7) is 4.12. The fourth-order valence-electron chi connectivity index (χ4n) is 3.17. The Kier molecular flexibility index (Phi) is 3.84. The Bertz CT molecular complexity index is 840. The van der Waals surface area contributed by atoms with Crippen molar-refractivity contribution in [3.63, 3.8) is 0 Å². The summed E-state index contributed by atoms with van der Waals surface area (Å²) in [4.78, 5) is 13.9. The fourth-order valence-corrected chi connectivity index (χ4v) is 3.17. The molecule has 1 aliphatic rings. The van der Waals surface area contributed by atoms with Crippen molar-refractivity contribution < 1.29 is 13.6 Å². The number of hydrogen-bond acceptors (Lipinski definition) is 2. The van der Waals surface area contributed by atoms with E-state index in [2.05, 4.69) is 0 Å². The highest BCUT2D eigenvalue weighted by Gasteiger charge is 2.42. The Morgan fingerprint density at radius 1 is 1.21 bits per heavy atom. The van der Waals surface area contributed by atoms with Crippen LogP contribution in [0, 0.1) is 23.0 Å². The third kappa shape index (κ3) is 2.54. The Labute approximate surface area is 139 Å². The van der Waals surface area contributed by atoms with E-state index in [1.807, 2.05) is 50.2 Å². The quantitative estimate of drug-likeness (QED) is 0.857. The molecule has 2 aromatic rings. The normalized spacial score (nSPS) is 16.9. The van der Waals surface area contributed by atoms with E-state index in [1.165, 1.54) is 4.90 Å². The maximum atomic E-state index is 14.0. The number of nitriles is 1. The zero-order valence-corrected chi connectivity index (χ0v) is 13.4. The molecule has 1 aliphatic heterocycles. The number of carbonyl (C=O) groups is 1. The SMILES string of the molecule is CC(C)(CN1C(=O)c2c(F)cc(F)cc2C1C#N)c1ccccc1. The first-order chi connectivity index (χ1) is 11.3. The molecule has 0 spiro atoms. The van der Waals surface area contributed by atoms with Crippen molar-refractivity contribution >= 4 is 5.91 Å². The van der Waals surface area contributed by atoms with Gasteiger partial charge in [0.25, 0.3) is 5.91 Å². The molecule has 24 heavy (non-hydrogen) atoms. The maximum Gasteiger partial charge on any atom is 0.258 e. The van der Waals surface area contributed by atoms with E-state index < -0.39 is 29.0 Å². The molecule has 1 atom stereocenters. The van der Waals surface area contributed by atoms with Crippen LogP contribution in [-0.4, -0.2) is 17.4 Å². The summed E-state index contributed by atoms with van der Waals surface area (Å²) < 4.78 is 27.6. The second-order valence-corrected chi connectivity index (χ2v) is 6.57. The highest BCUT2D eigenvalue weighted by atomic mass is 19.1. The zero-order valence-electron chi connectivity index (χ0n) is 13.4. The highest BCUT2D eigenvalue weighted by molar-refractivity contribution is 6.00. The summed E-state index contributed by atoms with van der Waals surface area (Å²) in [5, 5.41) is 9.46. The number of nitrogens with zero attached hydrogens (tertiary/aromatic N) is 2. The van der Waals surface area contributed by atoms with Gasteiger partial charge in [0.2, 0.25) is 0 Å². The van der Waals surface area contributed by atoms with Gasteiger partial charge in [0.15, 0.2) is 0 Å².